The van der Waals surface area contributed by atoms with Crippen molar-refractivity contribution in [3.8, 4) is 0 Å². The van der Waals surface area contributed by atoms with Crippen molar-refractivity contribution in [3.63, 3.8) is 0 Å². The molecule has 0 N–H and O–H groups in total. The maximum atomic E-state index is 4.18. The van der Waals surface area contributed by atoms with Crippen LogP contribution >= 0.6 is 0 Å². The van der Waals surface area contributed by atoms with E-state index in [-0.39, 0.29) is 0 Å². The number of hydrogen-bond acceptors (Lipinski definition) is 0. The normalized spacial score (nSPS) is 14.6. The topological polar surface area (TPSA) is 0 Å². The molecule has 0 saturated carbocycles. The Hall–Kier alpha value is -0.696. The molecule has 0 bridgehead atoms. The molecule has 0 spiro atoms. The van der Waals surface area contributed by atoms with Gasteiger partial charge in [0, 0.05) is 0 Å². The van der Waals surface area contributed by atoms with Crippen LogP contribution < -0.4 is 0 Å². The zero-order chi connectivity index (χ0) is 22.2. The Bertz CT molecular complexity index is 566. The third-order valence-corrected chi connectivity index (χ3v) is 23.1. The van der Waals surface area contributed by atoms with Gasteiger partial charge in [-0.25, -0.2) is 0 Å². The van der Waals surface area contributed by atoms with Gasteiger partial charge in [0.2, 0.25) is 0 Å². The number of hydrogen-bond donors (Lipinski definition) is 0. The molecule has 1 aliphatic rings. The Balaban J connectivity index is 3.75. The molecule has 166 valence electrons. The summed E-state index contributed by atoms with van der Waals surface area (Å²) >= 11 is -2.59. The van der Waals surface area contributed by atoms with Crippen LogP contribution in [0.2, 0.25) is 26.0 Å². The molecule has 0 heterocycles. The Morgan fingerprint density at radius 1 is 0.800 bits per heavy atom. The van der Waals surface area contributed by atoms with E-state index >= 15 is 0 Å². The summed E-state index contributed by atoms with van der Waals surface area (Å²) in [5.41, 5.74) is 1.71. The van der Waals surface area contributed by atoms with Gasteiger partial charge in [-0.1, -0.05) is 0 Å². The zero-order valence-electron chi connectivity index (χ0n) is 20.3. The standard InChI is InChI=1S/C16H20B.3C4H9.Sn/c1-4-9-16(14-15-10-7-8-11-15)17(12-5-2)13-6-3;3*1-3-4-2;/h4-8,10-11,15H,1-3,9,12-13H2;3*1,3-4H2,2H3;. The Labute approximate surface area is 193 Å². The number of unbranched alkanes of at least 4 members (excludes halogenated alkanes) is 3. The molecule has 30 heavy (non-hydrogen) atoms. The van der Waals surface area contributed by atoms with Gasteiger partial charge in [-0.3, -0.25) is 0 Å². The van der Waals surface area contributed by atoms with E-state index in [0.717, 1.165) is 19.1 Å². The maximum absolute atomic E-state index is 4.18. The van der Waals surface area contributed by atoms with E-state index in [4.69, 9.17) is 0 Å². The quantitative estimate of drug-likeness (QED) is 0.127. The molecular weight excluding hydrogens is 466 g/mol. The van der Waals surface area contributed by atoms with Crippen molar-refractivity contribution in [2.75, 3.05) is 0 Å². The second kappa shape index (κ2) is 16.0. The fraction of sp³-hybridized carbons (Fsp3) is 0.571. The third kappa shape index (κ3) is 8.10. The van der Waals surface area contributed by atoms with E-state index in [0.29, 0.717) is 12.6 Å². The molecule has 0 aromatic rings. The summed E-state index contributed by atoms with van der Waals surface area (Å²) in [6, 6.07) is 0. The van der Waals surface area contributed by atoms with Gasteiger partial charge in [0.05, 0.1) is 0 Å². The minimum atomic E-state index is -2.59. The molecule has 0 aromatic heterocycles. The second-order valence-electron chi connectivity index (χ2n) is 9.06. The van der Waals surface area contributed by atoms with Gasteiger partial charge >= 0.3 is 194 Å². The van der Waals surface area contributed by atoms with E-state index in [9.17, 15) is 0 Å². The van der Waals surface area contributed by atoms with E-state index in [1.165, 1.54) is 51.8 Å². The molecule has 0 amide bonds. The number of allylic oxidation sites excluding steroid dienone is 9. The summed E-state index contributed by atoms with van der Waals surface area (Å²) < 4.78 is 6.50. The van der Waals surface area contributed by atoms with Gasteiger partial charge in [-0.2, -0.15) is 0 Å². The van der Waals surface area contributed by atoms with E-state index < -0.39 is 18.4 Å². The molecule has 0 nitrogen and oxygen atoms in total. The molecule has 2 heteroatoms. The molecule has 0 aliphatic heterocycles. The van der Waals surface area contributed by atoms with Gasteiger partial charge in [-0.15, -0.1) is 0 Å². The fourth-order valence-electron chi connectivity index (χ4n) is 5.29. The van der Waals surface area contributed by atoms with Gasteiger partial charge < -0.3 is 0 Å². The predicted octanol–water partition coefficient (Wildman–Crippen LogP) is 9.40. The monoisotopic (exact) mass is 514 g/mol. The molecule has 0 saturated heterocycles. The van der Waals surface area contributed by atoms with E-state index in [2.05, 4.69) is 83.0 Å². The van der Waals surface area contributed by atoms with Crippen LogP contribution in [0.25, 0.3) is 0 Å². The molecule has 0 radical (unpaired) electrons. The molecular formula is C28H47BSn. The van der Waals surface area contributed by atoms with Gasteiger partial charge in [-0.05, 0) is 0 Å². The van der Waals surface area contributed by atoms with Crippen LogP contribution in [0.5, 0.6) is 0 Å². The number of rotatable bonds is 18. The summed E-state index contributed by atoms with van der Waals surface area (Å²) in [7, 11) is 0. The first-order chi connectivity index (χ1) is 14.6. The first-order valence-electron chi connectivity index (χ1n) is 12.5. The van der Waals surface area contributed by atoms with Crippen LogP contribution in [0.3, 0.4) is 0 Å². The van der Waals surface area contributed by atoms with Gasteiger partial charge in [0.25, 0.3) is 0 Å². The van der Waals surface area contributed by atoms with Crippen LogP contribution in [-0.2, 0) is 0 Å². The molecule has 0 unspecified atom stereocenters. The van der Waals surface area contributed by atoms with Crippen LogP contribution in [0.1, 0.15) is 65.7 Å². The van der Waals surface area contributed by atoms with Crippen molar-refractivity contribution >= 4 is 25.1 Å². The molecule has 0 aromatic carbocycles. The minimum absolute atomic E-state index is 0.526. The molecule has 1 rings (SSSR count). The van der Waals surface area contributed by atoms with Crippen molar-refractivity contribution in [2.45, 2.75) is 91.7 Å². The first kappa shape index (κ1) is 27.3. The summed E-state index contributed by atoms with van der Waals surface area (Å²) in [5.74, 6) is 0.526. The van der Waals surface area contributed by atoms with Crippen LogP contribution in [0, 0.1) is 5.92 Å². The van der Waals surface area contributed by atoms with E-state index in [1.54, 1.807) is 5.47 Å². The summed E-state index contributed by atoms with van der Waals surface area (Å²) in [5, 5.41) is 0. The van der Waals surface area contributed by atoms with Gasteiger partial charge in [0.1, 0.15) is 0 Å². The predicted molar refractivity (Wildman–Crippen MR) is 144 cm³/mol. The molecule has 0 fully saturated rings. The van der Waals surface area contributed by atoms with Crippen molar-refractivity contribution < 1.29 is 0 Å². The average Bonchev–Trinajstić information content (AvgIpc) is 3.28. The first-order valence-corrected chi connectivity index (χ1v) is 20.0. The van der Waals surface area contributed by atoms with Crippen LogP contribution in [0.4, 0.5) is 0 Å². The molecule has 0 atom stereocenters. The summed E-state index contributed by atoms with van der Waals surface area (Å²) in [6.07, 6.45) is 27.2. The molecule has 1 aliphatic carbocycles. The second-order valence-corrected chi connectivity index (χ2v) is 22.2. The van der Waals surface area contributed by atoms with Crippen LogP contribution in [-0.4, -0.2) is 25.1 Å². The Morgan fingerprint density at radius 2 is 1.27 bits per heavy atom. The SMILES string of the molecule is C=CCB(CC=C)/C(CC=C)=[C](\C1C=CC=C1)[Sn]([CH2]CCC)([CH2]CCC)[CH2]CCC. The summed E-state index contributed by atoms with van der Waals surface area (Å²) in [4.78, 5) is 0. The summed E-state index contributed by atoms with van der Waals surface area (Å²) in [6.45, 7) is 20.0. The Kier molecular flexibility index (Phi) is 14.6. The van der Waals surface area contributed by atoms with Crippen molar-refractivity contribution in [1.82, 2.24) is 0 Å². The average molecular weight is 513 g/mol. The van der Waals surface area contributed by atoms with Crippen LogP contribution in [0.15, 0.2) is 71.3 Å². The van der Waals surface area contributed by atoms with Crippen molar-refractivity contribution in [1.29, 1.82) is 0 Å². The fourth-order valence-corrected chi connectivity index (χ4v) is 23.9. The van der Waals surface area contributed by atoms with Crippen molar-refractivity contribution in [3.05, 3.63) is 71.3 Å². The van der Waals surface area contributed by atoms with Crippen molar-refractivity contribution in [2.24, 2.45) is 5.92 Å². The Morgan fingerprint density at radius 3 is 1.63 bits per heavy atom. The van der Waals surface area contributed by atoms with E-state index in [1.807, 2.05) is 3.59 Å². The van der Waals surface area contributed by atoms with Gasteiger partial charge in [0.15, 0.2) is 0 Å². The third-order valence-electron chi connectivity index (χ3n) is 6.78. The zero-order valence-corrected chi connectivity index (χ0v) is 23.2.